The molecule has 0 heterocycles. The van der Waals surface area contributed by atoms with Gasteiger partial charge < -0.3 is 0 Å². The summed E-state index contributed by atoms with van der Waals surface area (Å²) in [7, 11) is 0. The zero-order valence-corrected chi connectivity index (χ0v) is 8.43. The first kappa shape index (κ1) is 10.6. The van der Waals surface area contributed by atoms with Gasteiger partial charge in [0, 0.05) is 6.42 Å². The fraction of sp³-hybridized carbons (Fsp3) is 0.250. The van der Waals surface area contributed by atoms with E-state index in [9.17, 15) is 9.18 Å². The van der Waals surface area contributed by atoms with Crippen LogP contribution in [0.2, 0.25) is 0 Å². The fourth-order valence-electron chi connectivity index (χ4n) is 1.50. The molecule has 0 saturated carbocycles. The molecule has 0 radical (unpaired) electrons. The van der Waals surface area contributed by atoms with Crippen molar-refractivity contribution in [1.82, 2.24) is 0 Å². The molecule has 0 aliphatic heterocycles. The molecule has 74 valence electrons. The largest absolute Gasteiger partial charge is 0.294 e. The monoisotopic (exact) mass is 192 g/mol. The molecule has 2 heteroatoms. The van der Waals surface area contributed by atoms with Crippen LogP contribution < -0.4 is 0 Å². The molecule has 0 aliphatic carbocycles. The van der Waals surface area contributed by atoms with Crippen LogP contribution in [0.4, 0.5) is 4.39 Å². The van der Waals surface area contributed by atoms with Gasteiger partial charge in [-0.1, -0.05) is 12.1 Å². The minimum atomic E-state index is -0.436. The number of rotatable bonds is 3. The highest BCUT2D eigenvalue weighted by atomic mass is 19.1. The van der Waals surface area contributed by atoms with E-state index < -0.39 is 5.82 Å². The van der Waals surface area contributed by atoms with Gasteiger partial charge in [0.1, 0.15) is 5.82 Å². The van der Waals surface area contributed by atoms with Crippen LogP contribution in [0.1, 0.15) is 27.9 Å². The van der Waals surface area contributed by atoms with Gasteiger partial charge in [0.25, 0.3) is 0 Å². The maximum Gasteiger partial charge on any atom is 0.169 e. The van der Waals surface area contributed by atoms with Crippen molar-refractivity contribution in [2.24, 2.45) is 0 Å². The average Bonchev–Trinajstić information content (AvgIpc) is 2.01. The quantitative estimate of drug-likeness (QED) is 0.531. The SMILES string of the molecule is C=CCC(=O)c1c(C)cc(C)cc1F. The first-order valence-electron chi connectivity index (χ1n) is 4.47. The normalized spacial score (nSPS) is 9.93. The van der Waals surface area contributed by atoms with Crippen LogP contribution in [-0.2, 0) is 0 Å². The highest BCUT2D eigenvalue weighted by molar-refractivity contribution is 5.98. The Morgan fingerprint density at radius 3 is 2.64 bits per heavy atom. The summed E-state index contributed by atoms with van der Waals surface area (Å²) < 4.78 is 13.4. The molecule has 0 fully saturated rings. The van der Waals surface area contributed by atoms with Crippen LogP contribution in [0.25, 0.3) is 0 Å². The summed E-state index contributed by atoms with van der Waals surface area (Å²) in [6.07, 6.45) is 1.67. The lowest BCUT2D eigenvalue weighted by atomic mass is 10.00. The second kappa shape index (κ2) is 4.18. The van der Waals surface area contributed by atoms with E-state index >= 15 is 0 Å². The third-order valence-electron chi connectivity index (χ3n) is 2.04. The molecule has 1 rings (SSSR count). The number of allylic oxidation sites excluding steroid dienone is 1. The first-order chi connectivity index (χ1) is 6.56. The van der Waals surface area contributed by atoms with Crippen molar-refractivity contribution in [2.75, 3.05) is 0 Å². The summed E-state index contributed by atoms with van der Waals surface area (Å²) in [5.41, 5.74) is 1.71. The minimum absolute atomic E-state index is 0.181. The van der Waals surface area contributed by atoms with Gasteiger partial charge in [0.2, 0.25) is 0 Å². The van der Waals surface area contributed by atoms with E-state index in [1.807, 2.05) is 0 Å². The highest BCUT2D eigenvalue weighted by Gasteiger charge is 2.13. The molecule has 0 spiro atoms. The van der Waals surface area contributed by atoms with E-state index in [1.54, 1.807) is 19.9 Å². The van der Waals surface area contributed by atoms with Gasteiger partial charge in [0.15, 0.2) is 5.78 Å². The van der Waals surface area contributed by atoms with E-state index in [2.05, 4.69) is 6.58 Å². The zero-order chi connectivity index (χ0) is 10.7. The predicted octanol–water partition coefficient (Wildman–Crippen LogP) is 3.20. The van der Waals surface area contributed by atoms with Gasteiger partial charge in [0.05, 0.1) is 5.56 Å². The molecule has 0 saturated heterocycles. The lowest BCUT2D eigenvalue weighted by Gasteiger charge is -2.06. The number of ketones is 1. The third-order valence-corrected chi connectivity index (χ3v) is 2.04. The van der Waals surface area contributed by atoms with Crippen LogP contribution >= 0.6 is 0 Å². The summed E-state index contributed by atoms with van der Waals surface area (Å²) in [6.45, 7) is 7.01. The van der Waals surface area contributed by atoms with Crippen LogP contribution in [0.3, 0.4) is 0 Å². The second-order valence-electron chi connectivity index (χ2n) is 3.35. The number of carbonyl (C=O) groups is 1. The second-order valence-corrected chi connectivity index (χ2v) is 3.35. The Labute approximate surface area is 83.3 Å². The molecule has 1 aromatic rings. The smallest absolute Gasteiger partial charge is 0.169 e. The van der Waals surface area contributed by atoms with Gasteiger partial charge in [-0.15, -0.1) is 6.58 Å². The molecule has 0 unspecified atom stereocenters. The van der Waals surface area contributed by atoms with Crippen molar-refractivity contribution in [2.45, 2.75) is 20.3 Å². The first-order valence-corrected chi connectivity index (χ1v) is 4.47. The van der Waals surface area contributed by atoms with Crippen molar-refractivity contribution in [3.8, 4) is 0 Å². The molecular weight excluding hydrogens is 179 g/mol. The lowest BCUT2D eigenvalue weighted by Crippen LogP contribution is -2.04. The zero-order valence-electron chi connectivity index (χ0n) is 8.43. The Hall–Kier alpha value is -1.44. The topological polar surface area (TPSA) is 17.1 Å². The average molecular weight is 192 g/mol. The summed E-state index contributed by atoms with van der Waals surface area (Å²) in [6, 6.07) is 3.18. The number of carbonyl (C=O) groups excluding carboxylic acids is 1. The van der Waals surface area contributed by atoms with E-state index in [0.29, 0.717) is 5.56 Å². The van der Waals surface area contributed by atoms with E-state index in [-0.39, 0.29) is 17.8 Å². The molecule has 0 N–H and O–H groups in total. The van der Waals surface area contributed by atoms with Crippen LogP contribution in [-0.4, -0.2) is 5.78 Å². The molecule has 0 aliphatic rings. The molecule has 0 atom stereocenters. The highest BCUT2D eigenvalue weighted by Crippen LogP contribution is 2.17. The van der Waals surface area contributed by atoms with Crippen molar-refractivity contribution >= 4 is 5.78 Å². The van der Waals surface area contributed by atoms with Crippen molar-refractivity contribution < 1.29 is 9.18 Å². The molecule has 14 heavy (non-hydrogen) atoms. The third kappa shape index (κ3) is 2.08. The van der Waals surface area contributed by atoms with Crippen LogP contribution in [0.15, 0.2) is 24.8 Å². The summed E-state index contributed by atoms with van der Waals surface area (Å²) in [5.74, 6) is -0.649. The number of benzene rings is 1. The fourth-order valence-corrected chi connectivity index (χ4v) is 1.50. The molecule has 1 nitrogen and oxygen atoms in total. The molecule has 1 aromatic carbocycles. The standard InChI is InChI=1S/C12H13FO/c1-4-5-11(14)12-9(3)6-8(2)7-10(12)13/h4,6-7H,1,5H2,2-3H3. The van der Waals surface area contributed by atoms with Gasteiger partial charge in [-0.25, -0.2) is 4.39 Å². The van der Waals surface area contributed by atoms with Gasteiger partial charge in [-0.05, 0) is 31.0 Å². The van der Waals surface area contributed by atoms with E-state index in [0.717, 1.165) is 5.56 Å². The Kier molecular flexibility index (Phi) is 3.18. The minimum Gasteiger partial charge on any atom is -0.294 e. The summed E-state index contributed by atoms with van der Waals surface area (Å²) in [4.78, 5) is 11.5. The number of Topliss-reactive ketones (excluding diaryl/α,β-unsaturated/α-hetero) is 1. The lowest BCUT2D eigenvalue weighted by molar-refractivity contribution is 0.0991. The van der Waals surface area contributed by atoms with E-state index in [4.69, 9.17) is 0 Å². The summed E-state index contributed by atoms with van der Waals surface area (Å²) >= 11 is 0. The van der Waals surface area contributed by atoms with Gasteiger partial charge in [-0.3, -0.25) is 4.79 Å². The van der Waals surface area contributed by atoms with Crippen molar-refractivity contribution in [1.29, 1.82) is 0 Å². The van der Waals surface area contributed by atoms with Crippen LogP contribution in [0.5, 0.6) is 0 Å². The number of halogens is 1. The Morgan fingerprint density at radius 2 is 2.14 bits per heavy atom. The number of hydrogen-bond acceptors (Lipinski definition) is 1. The van der Waals surface area contributed by atoms with Crippen molar-refractivity contribution in [3.05, 3.63) is 47.3 Å². The number of aryl methyl sites for hydroxylation is 2. The number of hydrogen-bond donors (Lipinski definition) is 0. The van der Waals surface area contributed by atoms with Crippen LogP contribution in [0, 0.1) is 19.7 Å². The van der Waals surface area contributed by atoms with Gasteiger partial charge >= 0.3 is 0 Å². The maximum absolute atomic E-state index is 13.4. The molecule has 0 bridgehead atoms. The van der Waals surface area contributed by atoms with Crippen molar-refractivity contribution in [3.63, 3.8) is 0 Å². The van der Waals surface area contributed by atoms with Gasteiger partial charge in [-0.2, -0.15) is 0 Å². The summed E-state index contributed by atoms with van der Waals surface area (Å²) in [5, 5.41) is 0. The predicted molar refractivity (Wildman–Crippen MR) is 55.0 cm³/mol. The molecular formula is C12H13FO. The van der Waals surface area contributed by atoms with E-state index in [1.165, 1.54) is 12.1 Å². The Bertz CT molecular complexity index is 357. The Balaban J connectivity index is 3.20. The Morgan fingerprint density at radius 1 is 1.50 bits per heavy atom. The maximum atomic E-state index is 13.4. The molecule has 0 amide bonds. The molecule has 0 aromatic heterocycles.